The molecule has 1 aliphatic carbocycles. The summed E-state index contributed by atoms with van der Waals surface area (Å²) in [5.41, 5.74) is 0.216. The number of nitrogens with zero attached hydrogens (tertiary/aromatic N) is 4. The highest BCUT2D eigenvalue weighted by Crippen LogP contribution is 2.44. The van der Waals surface area contributed by atoms with Crippen LogP contribution in [0.3, 0.4) is 0 Å². The molecule has 6 nitrogen and oxygen atoms in total. The van der Waals surface area contributed by atoms with E-state index in [0.717, 1.165) is 45.1 Å². The summed E-state index contributed by atoms with van der Waals surface area (Å²) in [6, 6.07) is 1.71. The van der Waals surface area contributed by atoms with E-state index < -0.39 is 12.0 Å². The van der Waals surface area contributed by atoms with Crippen LogP contribution in [-0.2, 0) is 11.0 Å². The van der Waals surface area contributed by atoms with Gasteiger partial charge in [-0.05, 0) is 43.6 Å². The van der Waals surface area contributed by atoms with E-state index >= 15 is 0 Å². The molecule has 1 aliphatic heterocycles. The molecule has 9 heteroatoms. The van der Waals surface area contributed by atoms with E-state index in [-0.39, 0.29) is 11.3 Å². The number of aromatic nitrogens is 2. The lowest BCUT2D eigenvalue weighted by Crippen LogP contribution is -2.45. The topological polar surface area (TPSA) is 61.4 Å². The van der Waals surface area contributed by atoms with Gasteiger partial charge in [0.05, 0.1) is 0 Å². The number of anilines is 2. The molecule has 32 heavy (non-hydrogen) atoms. The maximum absolute atomic E-state index is 13.6. The maximum Gasteiger partial charge on any atom is 0.451 e. The van der Waals surface area contributed by atoms with Crippen molar-refractivity contribution in [1.82, 2.24) is 15.3 Å². The van der Waals surface area contributed by atoms with E-state index in [2.05, 4.69) is 15.3 Å². The lowest BCUT2D eigenvalue weighted by molar-refractivity contribution is -0.144. The number of aldehydes is 1. The second kappa shape index (κ2) is 10.8. The first-order valence-corrected chi connectivity index (χ1v) is 11.8. The molecule has 1 saturated carbocycles. The van der Waals surface area contributed by atoms with E-state index in [1.54, 1.807) is 18.0 Å². The number of rotatable bonds is 9. The summed E-state index contributed by atoms with van der Waals surface area (Å²) >= 11 is 0. The van der Waals surface area contributed by atoms with Crippen LogP contribution in [0.25, 0.3) is 0 Å². The normalized spacial score (nSPS) is 19.7. The fraction of sp³-hybridized carbons (Fsp3) is 0.783. The number of halogens is 3. The summed E-state index contributed by atoms with van der Waals surface area (Å²) in [5.74, 6) is -0.210. The molecule has 3 rings (SSSR count). The van der Waals surface area contributed by atoms with Crippen molar-refractivity contribution in [1.29, 1.82) is 0 Å². The predicted octanol–water partition coefficient (Wildman–Crippen LogP) is 4.30. The van der Waals surface area contributed by atoms with Crippen LogP contribution in [0, 0.1) is 11.3 Å². The molecular formula is C23H36F3N5O. The molecule has 2 fully saturated rings. The van der Waals surface area contributed by atoms with Crippen molar-refractivity contribution in [2.24, 2.45) is 11.3 Å². The van der Waals surface area contributed by atoms with Crippen LogP contribution < -0.4 is 15.1 Å². The third kappa shape index (κ3) is 6.56. The van der Waals surface area contributed by atoms with Crippen molar-refractivity contribution < 1.29 is 18.0 Å². The van der Waals surface area contributed by atoms with Gasteiger partial charge >= 0.3 is 6.18 Å². The van der Waals surface area contributed by atoms with Gasteiger partial charge in [0.25, 0.3) is 0 Å². The average Bonchev–Trinajstić information content (AvgIpc) is 2.76. The molecular weight excluding hydrogens is 419 g/mol. The standard InChI is InChI=1S/C23H36F3N5O/c1-18(15-27-11-7-13-32)16-30(2)19-14-20(29-21(28-19)23(24,25)26)31-12-6-10-22(17-31)8-4-3-5-9-22/h13-14,18,27H,3-12,15-17H2,1-2H3. The van der Waals surface area contributed by atoms with Gasteiger partial charge < -0.3 is 19.9 Å². The van der Waals surface area contributed by atoms with Gasteiger partial charge in [-0.15, -0.1) is 0 Å². The smallest absolute Gasteiger partial charge is 0.359 e. The van der Waals surface area contributed by atoms with Gasteiger partial charge in [0.1, 0.15) is 17.9 Å². The molecule has 0 radical (unpaired) electrons. The van der Waals surface area contributed by atoms with Crippen molar-refractivity contribution in [3.05, 3.63) is 11.9 Å². The molecule has 1 spiro atoms. The second-order valence-corrected chi connectivity index (χ2v) is 9.64. The molecule has 1 atom stereocenters. The maximum atomic E-state index is 13.6. The Morgan fingerprint density at radius 3 is 2.62 bits per heavy atom. The lowest BCUT2D eigenvalue weighted by Gasteiger charge is -2.45. The van der Waals surface area contributed by atoms with Crippen molar-refractivity contribution in [2.45, 2.75) is 64.5 Å². The molecule has 1 aromatic rings. The number of alkyl halides is 3. The Bertz CT molecular complexity index is 746. The first-order chi connectivity index (χ1) is 15.2. The van der Waals surface area contributed by atoms with Gasteiger partial charge in [0, 0.05) is 45.7 Å². The zero-order valence-electron chi connectivity index (χ0n) is 19.3. The highest BCUT2D eigenvalue weighted by molar-refractivity contribution is 5.51. The monoisotopic (exact) mass is 455 g/mol. The molecule has 2 aliphatic rings. The Balaban J connectivity index is 1.76. The molecule has 0 aromatic carbocycles. The average molecular weight is 456 g/mol. The minimum atomic E-state index is -4.59. The minimum Gasteiger partial charge on any atom is -0.359 e. The first kappa shape index (κ1) is 24.7. The van der Waals surface area contributed by atoms with Crippen LogP contribution >= 0.6 is 0 Å². The quantitative estimate of drug-likeness (QED) is 0.443. The van der Waals surface area contributed by atoms with Crippen LogP contribution in [0.2, 0.25) is 0 Å². The zero-order valence-corrected chi connectivity index (χ0v) is 19.3. The SMILES string of the molecule is CC(CNCCC=O)CN(C)c1cc(N2CCCC3(CCCCC3)C2)nc(C(F)(F)F)n1. The number of hydrogen-bond donors (Lipinski definition) is 1. The molecule has 1 unspecified atom stereocenters. The van der Waals surface area contributed by atoms with Gasteiger partial charge in [0.2, 0.25) is 5.82 Å². The Morgan fingerprint density at radius 2 is 1.94 bits per heavy atom. The molecule has 0 bridgehead atoms. The van der Waals surface area contributed by atoms with Crippen LogP contribution in [0.4, 0.5) is 24.8 Å². The Hall–Kier alpha value is -1.90. The van der Waals surface area contributed by atoms with E-state index in [4.69, 9.17) is 0 Å². The van der Waals surface area contributed by atoms with Crippen LogP contribution in [0.5, 0.6) is 0 Å². The molecule has 1 saturated heterocycles. The summed E-state index contributed by atoms with van der Waals surface area (Å²) in [5, 5.41) is 3.20. The second-order valence-electron chi connectivity index (χ2n) is 9.64. The van der Waals surface area contributed by atoms with Crippen LogP contribution in [-0.4, -0.2) is 56.0 Å². The van der Waals surface area contributed by atoms with E-state index in [1.807, 2.05) is 11.8 Å². The molecule has 0 amide bonds. The van der Waals surface area contributed by atoms with Gasteiger partial charge in [-0.25, -0.2) is 9.97 Å². The summed E-state index contributed by atoms with van der Waals surface area (Å²) in [7, 11) is 1.77. The third-order valence-electron chi connectivity index (χ3n) is 6.76. The largest absolute Gasteiger partial charge is 0.451 e. The lowest BCUT2D eigenvalue weighted by atomic mass is 9.69. The summed E-state index contributed by atoms with van der Waals surface area (Å²) in [6.07, 6.45) is 4.84. The zero-order chi connectivity index (χ0) is 23.2. The third-order valence-corrected chi connectivity index (χ3v) is 6.76. The van der Waals surface area contributed by atoms with Gasteiger partial charge in [0.15, 0.2) is 0 Å². The van der Waals surface area contributed by atoms with E-state index in [1.165, 1.54) is 19.3 Å². The summed E-state index contributed by atoms with van der Waals surface area (Å²) in [4.78, 5) is 22.1. The predicted molar refractivity (Wildman–Crippen MR) is 120 cm³/mol. The number of hydrogen-bond acceptors (Lipinski definition) is 6. The number of carbonyl (C=O) groups is 1. The fourth-order valence-corrected chi connectivity index (χ4v) is 5.15. The Kier molecular flexibility index (Phi) is 8.36. The highest BCUT2D eigenvalue weighted by Gasteiger charge is 2.39. The van der Waals surface area contributed by atoms with Gasteiger partial charge in [-0.1, -0.05) is 26.2 Å². The van der Waals surface area contributed by atoms with Crippen LogP contribution in [0.1, 0.15) is 64.1 Å². The van der Waals surface area contributed by atoms with Crippen molar-refractivity contribution >= 4 is 17.9 Å². The van der Waals surface area contributed by atoms with Crippen molar-refractivity contribution in [2.75, 3.05) is 49.6 Å². The molecule has 1 aromatic heterocycles. The number of carbonyl (C=O) groups excluding carboxylic acids is 1. The highest BCUT2D eigenvalue weighted by atomic mass is 19.4. The number of nitrogens with one attached hydrogen (secondary N) is 1. The summed E-state index contributed by atoms with van der Waals surface area (Å²) in [6.45, 7) is 5.36. The Labute approximate surface area is 189 Å². The Morgan fingerprint density at radius 1 is 1.22 bits per heavy atom. The van der Waals surface area contributed by atoms with Gasteiger partial charge in [-0.3, -0.25) is 0 Å². The summed E-state index contributed by atoms with van der Waals surface area (Å²) < 4.78 is 40.9. The minimum absolute atomic E-state index is 0.180. The molecule has 1 N–H and O–H groups in total. The van der Waals surface area contributed by atoms with E-state index in [9.17, 15) is 18.0 Å². The van der Waals surface area contributed by atoms with Crippen LogP contribution in [0.15, 0.2) is 6.07 Å². The van der Waals surface area contributed by atoms with Gasteiger partial charge in [-0.2, -0.15) is 13.2 Å². The fourth-order valence-electron chi connectivity index (χ4n) is 5.15. The number of piperidine rings is 1. The van der Waals surface area contributed by atoms with Crippen molar-refractivity contribution in [3.8, 4) is 0 Å². The van der Waals surface area contributed by atoms with E-state index in [0.29, 0.717) is 37.7 Å². The van der Waals surface area contributed by atoms with Crippen molar-refractivity contribution in [3.63, 3.8) is 0 Å². The molecule has 180 valence electrons. The molecule has 2 heterocycles. The first-order valence-electron chi connectivity index (χ1n) is 11.8.